The molecule has 3 amide bonds. The van der Waals surface area contributed by atoms with Crippen molar-refractivity contribution in [2.45, 2.75) is 26.4 Å². The SMILES string of the molecule is COC(=O)c1ccc(C(=O)NNC(=O)CNC(=O)OC(C)(C)C)cc1. The Hall–Kier alpha value is -3.10. The molecule has 3 N–H and O–H groups in total. The lowest BCUT2D eigenvalue weighted by atomic mass is 10.1. The number of hydrazine groups is 1. The topological polar surface area (TPSA) is 123 Å². The third kappa shape index (κ3) is 7.34. The van der Waals surface area contributed by atoms with Gasteiger partial charge in [0.05, 0.1) is 12.7 Å². The van der Waals surface area contributed by atoms with E-state index >= 15 is 0 Å². The number of benzene rings is 1. The Labute approximate surface area is 145 Å². The molecule has 1 rings (SSSR count). The summed E-state index contributed by atoms with van der Waals surface area (Å²) in [6.45, 7) is 4.71. The number of methoxy groups -OCH3 is 1. The Kier molecular flexibility index (Phi) is 6.92. The van der Waals surface area contributed by atoms with E-state index in [1.807, 2.05) is 0 Å². The molecule has 1 aromatic carbocycles. The monoisotopic (exact) mass is 351 g/mol. The zero-order valence-electron chi connectivity index (χ0n) is 14.5. The molecule has 25 heavy (non-hydrogen) atoms. The molecule has 0 saturated heterocycles. The predicted molar refractivity (Wildman–Crippen MR) is 87.6 cm³/mol. The van der Waals surface area contributed by atoms with Gasteiger partial charge in [0.2, 0.25) is 0 Å². The Balaban J connectivity index is 2.41. The van der Waals surface area contributed by atoms with Gasteiger partial charge in [-0.05, 0) is 45.0 Å². The van der Waals surface area contributed by atoms with Crippen molar-refractivity contribution < 1.29 is 28.7 Å². The van der Waals surface area contributed by atoms with Gasteiger partial charge < -0.3 is 14.8 Å². The smallest absolute Gasteiger partial charge is 0.408 e. The lowest BCUT2D eigenvalue weighted by Crippen LogP contribution is -2.47. The maximum absolute atomic E-state index is 11.9. The van der Waals surface area contributed by atoms with Crippen LogP contribution < -0.4 is 16.2 Å². The maximum Gasteiger partial charge on any atom is 0.408 e. The molecular formula is C16H21N3O6. The summed E-state index contributed by atoms with van der Waals surface area (Å²) in [5, 5.41) is 2.25. The molecule has 0 aliphatic heterocycles. The van der Waals surface area contributed by atoms with E-state index in [-0.39, 0.29) is 12.1 Å². The number of nitrogens with one attached hydrogen (secondary N) is 3. The van der Waals surface area contributed by atoms with Gasteiger partial charge >= 0.3 is 12.1 Å². The molecule has 1 aromatic rings. The first-order valence-electron chi connectivity index (χ1n) is 7.37. The minimum Gasteiger partial charge on any atom is -0.465 e. The molecule has 0 aromatic heterocycles. The molecule has 0 aliphatic rings. The second-order valence-corrected chi connectivity index (χ2v) is 5.93. The second kappa shape index (κ2) is 8.67. The van der Waals surface area contributed by atoms with Crippen molar-refractivity contribution in [1.82, 2.24) is 16.2 Å². The summed E-state index contributed by atoms with van der Waals surface area (Å²) < 4.78 is 9.52. The first kappa shape index (κ1) is 19.9. The van der Waals surface area contributed by atoms with Gasteiger partial charge in [-0.15, -0.1) is 0 Å². The first-order chi connectivity index (χ1) is 11.6. The van der Waals surface area contributed by atoms with Gasteiger partial charge in [0.15, 0.2) is 0 Å². The van der Waals surface area contributed by atoms with Crippen molar-refractivity contribution in [3.8, 4) is 0 Å². The third-order valence-corrected chi connectivity index (χ3v) is 2.68. The zero-order valence-corrected chi connectivity index (χ0v) is 14.5. The molecule has 9 nitrogen and oxygen atoms in total. The van der Waals surface area contributed by atoms with E-state index in [9.17, 15) is 19.2 Å². The number of hydrogen-bond donors (Lipinski definition) is 3. The van der Waals surface area contributed by atoms with Crippen molar-refractivity contribution in [2.24, 2.45) is 0 Å². The van der Waals surface area contributed by atoms with Crippen molar-refractivity contribution in [1.29, 1.82) is 0 Å². The van der Waals surface area contributed by atoms with Gasteiger partial charge in [-0.2, -0.15) is 0 Å². The highest BCUT2D eigenvalue weighted by molar-refractivity contribution is 5.97. The van der Waals surface area contributed by atoms with Gasteiger partial charge in [0.1, 0.15) is 12.1 Å². The van der Waals surface area contributed by atoms with Crippen LogP contribution in [0.3, 0.4) is 0 Å². The van der Waals surface area contributed by atoms with E-state index in [1.54, 1.807) is 20.8 Å². The molecule has 0 unspecified atom stereocenters. The maximum atomic E-state index is 11.9. The number of hydrogen-bond acceptors (Lipinski definition) is 6. The normalized spacial score (nSPS) is 10.4. The van der Waals surface area contributed by atoms with E-state index in [2.05, 4.69) is 20.9 Å². The number of carbonyl (C=O) groups is 4. The van der Waals surface area contributed by atoms with Crippen LogP contribution in [0.4, 0.5) is 4.79 Å². The average Bonchev–Trinajstić information content (AvgIpc) is 2.55. The summed E-state index contributed by atoms with van der Waals surface area (Å²) >= 11 is 0. The van der Waals surface area contributed by atoms with E-state index in [0.29, 0.717) is 5.56 Å². The van der Waals surface area contributed by atoms with Gasteiger partial charge in [-0.1, -0.05) is 0 Å². The molecule has 0 atom stereocenters. The van der Waals surface area contributed by atoms with Gasteiger partial charge in [-0.3, -0.25) is 20.4 Å². The lowest BCUT2D eigenvalue weighted by Gasteiger charge is -2.19. The van der Waals surface area contributed by atoms with Crippen molar-refractivity contribution in [3.63, 3.8) is 0 Å². The van der Waals surface area contributed by atoms with E-state index in [0.717, 1.165) is 0 Å². The lowest BCUT2D eigenvalue weighted by molar-refractivity contribution is -0.121. The van der Waals surface area contributed by atoms with Gasteiger partial charge in [-0.25, -0.2) is 9.59 Å². The van der Waals surface area contributed by atoms with Crippen LogP contribution in [-0.2, 0) is 14.3 Å². The highest BCUT2D eigenvalue weighted by Gasteiger charge is 2.16. The van der Waals surface area contributed by atoms with Gasteiger partial charge in [0.25, 0.3) is 11.8 Å². The number of rotatable bonds is 4. The van der Waals surface area contributed by atoms with Crippen LogP contribution in [0.5, 0.6) is 0 Å². The summed E-state index contributed by atoms with van der Waals surface area (Å²) in [4.78, 5) is 46.1. The Bertz CT molecular complexity index is 649. The zero-order chi connectivity index (χ0) is 19.0. The minimum absolute atomic E-state index is 0.230. The fourth-order valence-corrected chi connectivity index (χ4v) is 1.58. The number of alkyl carbamates (subject to hydrolysis) is 1. The number of esters is 1. The Morgan fingerprint density at radius 3 is 2.04 bits per heavy atom. The summed E-state index contributed by atoms with van der Waals surface area (Å²) in [5.41, 5.74) is 4.18. The van der Waals surface area contributed by atoms with Crippen molar-refractivity contribution in [2.75, 3.05) is 13.7 Å². The van der Waals surface area contributed by atoms with Crippen molar-refractivity contribution in [3.05, 3.63) is 35.4 Å². The molecule has 0 saturated carbocycles. The van der Waals surface area contributed by atoms with Crippen LogP contribution in [0.15, 0.2) is 24.3 Å². The first-order valence-corrected chi connectivity index (χ1v) is 7.37. The molecule has 0 spiro atoms. The van der Waals surface area contributed by atoms with Crippen LogP contribution in [-0.4, -0.2) is 43.1 Å². The van der Waals surface area contributed by atoms with Gasteiger partial charge in [0, 0.05) is 5.56 Å². The second-order valence-electron chi connectivity index (χ2n) is 5.93. The van der Waals surface area contributed by atoms with E-state index in [4.69, 9.17) is 4.74 Å². The quantitative estimate of drug-likeness (QED) is 0.544. The summed E-state index contributed by atoms with van der Waals surface area (Å²) in [6, 6.07) is 5.67. The molecular weight excluding hydrogens is 330 g/mol. The largest absolute Gasteiger partial charge is 0.465 e. The predicted octanol–water partition coefficient (Wildman–Crippen LogP) is 0.759. The van der Waals surface area contributed by atoms with Crippen LogP contribution in [0, 0.1) is 0 Å². The van der Waals surface area contributed by atoms with Crippen LogP contribution in [0.2, 0.25) is 0 Å². The molecule has 0 aliphatic carbocycles. The molecule has 9 heteroatoms. The average molecular weight is 351 g/mol. The summed E-state index contributed by atoms with van der Waals surface area (Å²) in [6.07, 6.45) is -0.743. The van der Waals surface area contributed by atoms with E-state index in [1.165, 1.54) is 31.4 Å². The van der Waals surface area contributed by atoms with Crippen LogP contribution >= 0.6 is 0 Å². The molecule has 136 valence electrons. The van der Waals surface area contributed by atoms with Crippen LogP contribution in [0.25, 0.3) is 0 Å². The molecule has 0 fully saturated rings. The number of amides is 3. The number of ether oxygens (including phenoxy) is 2. The summed E-state index contributed by atoms with van der Waals surface area (Å²) in [7, 11) is 1.25. The van der Waals surface area contributed by atoms with Crippen molar-refractivity contribution >= 4 is 23.9 Å². The van der Waals surface area contributed by atoms with Crippen LogP contribution in [0.1, 0.15) is 41.5 Å². The molecule has 0 heterocycles. The fourth-order valence-electron chi connectivity index (χ4n) is 1.58. The third-order valence-electron chi connectivity index (χ3n) is 2.68. The van der Waals surface area contributed by atoms with E-state index < -0.39 is 29.5 Å². The minimum atomic E-state index is -0.743. The Morgan fingerprint density at radius 1 is 0.960 bits per heavy atom. The summed E-state index contributed by atoms with van der Waals surface area (Å²) in [5.74, 6) is -1.74. The molecule has 0 bridgehead atoms. The fraction of sp³-hybridized carbons (Fsp3) is 0.375. The Morgan fingerprint density at radius 2 is 1.52 bits per heavy atom. The number of carbonyl (C=O) groups excluding carboxylic acids is 4. The highest BCUT2D eigenvalue weighted by atomic mass is 16.6. The highest BCUT2D eigenvalue weighted by Crippen LogP contribution is 2.06. The molecule has 0 radical (unpaired) electrons. The standard InChI is InChI=1S/C16H21N3O6/c1-16(2,3)25-15(23)17-9-12(20)18-19-13(21)10-5-7-11(8-6-10)14(22)24-4/h5-8H,9H2,1-4H3,(H,17,23)(H,18,20)(H,19,21).